The highest BCUT2D eigenvalue weighted by Crippen LogP contribution is 2.46. The van der Waals surface area contributed by atoms with Crippen LogP contribution in [0.3, 0.4) is 0 Å². The Bertz CT molecular complexity index is 624. The van der Waals surface area contributed by atoms with Gasteiger partial charge in [0.15, 0.2) is 0 Å². The van der Waals surface area contributed by atoms with E-state index >= 15 is 0 Å². The summed E-state index contributed by atoms with van der Waals surface area (Å²) in [7, 11) is 0. The zero-order valence-electron chi connectivity index (χ0n) is 18.3. The molecule has 0 aromatic carbocycles. The number of carboxylic acids is 1. The minimum Gasteiger partial charge on any atom is -0.481 e. The van der Waals surface area contributed by atoms with Crippen molar-refractivity contribution in [3.63, 3.8) is 0 Å². The molecule has 0 aromatic heterocycles. The first-order chi connectivity index (χ1) is 13.9. The molecule has 4 nitrogen and oxygen atoms in total. The highest BCUT2D eigenvalue weighted by Gasteiger charge is 2.51. The summed E-state index contributed by atoms with van der Waals surface area (Å²) in [4.78, 5) is 35.2. The minimum atomic E-state index is -4.44. The summed E-state index contributed by atoms with van der Waals surface area (Å²) in [5.41, 5.74) is -2.03. The van der Waals surface area contributed by atoms with E-state index in [1.807, 2.05) is 26.0 Å². The van der Waals surface area contributed by atoms with E-state index < -0.39 is 29.8 Å². The van der Waals surface area contributed by atoms with Gasteiger partial charge in [0.2, 0.25) is 0 Å². The van der Waals surface area contributed by atoms with Gasteiger partial charge < -0.3 is 5.11 Å². The average molecular weight is 433 g/mol. The van der Waals surface area contributed by atoms with Gasteiger partial charge in [-0.05, 0) is 43.9 Å². The Morgan fingerprint density at radius 3 is 2.47 bits per heavy atom. The van der Waals surface area contributed by atoms with Crippen LogP contribution in [0.25, 0.3) is 0 Å². The molecule has 30 heavy (non-hydrogen) atoms. The zero-order chi connectivity index (χ0) is 22.9. The Morgan fingerprint density at radius 1 is 1.23 bits per heavy atom. The summed E-state index contributed by atoms with van der Waals surface area (Å²) in [6, 6.07) is 0. The van der Waals surface area contributed by atoms with Crippen LogP contribution in [0.5, 0.6) is 0 Å². The lowest BCUT2D eigenvalue weighted by Crippen LogP contribution is -2.38. The van der Waals surface area contributed by atoms with Gasteiger partial charge in [-0.25, -0.2) is 0 Å². The van der Waals surface area contributed by atoms with Crippen molar-refractivity contribution in [1.82, 2.24) is 0 Å². The van der Waals surface area contributed by atoms with Crippen LogP contribution < -0.4 is 0 Å². The smallest absolute Gasteiger partial charge is 0.394 e. The van der Waals surface area contributed by atoms with Crippen molar-refractivity contribution in [3.8, 4) is 0 Å². The van der Waals surface area contributed by atoms with Crippen molar-refractivity contribution in [3.05, 3.63) is 12.2 Å². The van der Waals surface area contributed by atoms with Gasteiger partial charge in [0, 0.05) is 31.6 Å². The minimum absolute atomic E-state index is 0.0105. The number of alkyl halides is 3. The fourth-order valence-corrected chi connectivity index (χ4v) is 4.01. The Hall–Kier alpha value is -1.66. The number of hydrogen-bond acceptors (Lipinski definition) is 3. The number of Topliss-reactive ketones (excluding diaryl/α,β-unsaturated/α-hetero) is 2. The number of hydrogen-bond donors (Lipinski definition) is 1. The number of unbranched alkanes of at least 4 members (excludes halogenated alkanes) is 1. The topological polar surface area (TPSA) is 71.4 Å². The molecule has 172 valence electrons. The Morgan fingerprint density at radius 2 is 1.90 bits per heavy atom. The van der Waals surface area contributed by atoms with Gasteiger partial charge in [0.1, 0.15) is 11.6 Å². The van der Waals surface area contributed by atoms with Gasteiger partial charge in [0.25, 0.3) is 0 Å². The fourth-order valence-electron chi connectivity index (χ4n) is 4.01. The van der Waals surface area contributed by atoms with Crippen molar-refractivity contribution < 1.29 is 32.7 Å². The standard InChI is InChI=1S/C23H35F3O4/c1-16(2)12-13-22(3,23(24,25)26)15-18(27)14-17-10-11-20(28)19(17)8-6-4-5-7-9-21(29)30/h4,6,16-17,19H,5,7-15H2,1-3H3,(H,29,30)/t17-,19-,22?/m1/s1. The van der Waals surface area contributed by atoms with Crippen LogP contribution in [0.15, 0.2) is 12.2 Å². The molecule has 1 N–H and O–H groups in total. The van der Waals surface area contributed by atoms with Gasteiger partial charge in [-0.15, -0.1) is 0 Å². The van der Waals surface area contributed by atoms with Crippen LogP contribution in [0.1, 0.15) is 85.0 Å². The molecule has 0 heterocycles. The highest BCUT2D eigenvalue weighted by molar-refractivity contribution is 5.86. The molecule has 0 amide bonds. The highest BCUT2D eigenvalue weighted by atomic mass is 19.4. The van der Waals surface area contributed by atoms with E-state index in [0.717, 1.165) is 6.92 Å². The molecule has 0 bridgehead atoms. The second-order valence-electron chi connectivity index (χ2n) is 9.28. The lowest BCUT2D eigenvalue weighted by molar-refractivity contribution is -0.223. The van der Waals surface area contributed by atoms with Gasteiger partial charge in [-0.2, -0.15) is 13.2 Å². The van der Waals surface area contributed by atoms with Crippen LogP contribution in [-0.2, 0) is 14.4 Å². The van der Waals surface area contributed by atoms with Crippen molar-refractivity contribution in [2.75, 3.05) is 0 Å². The van der Waals surface area contributed by atoms with E-state index in [1.165, 1.54) is 0 Å². The monoisotopic (exact) mass is 432 g/mol. The van der Waals surface area contributed by atoms with Crippen LogP contribution in [0.2, 0.25) is 0 Å². The van der Waals surface area contributed by atoms with Crippen LogP contribution in [0.4, 0.5) is 13.2 Å². The maximum Gasteiger partial charge on any atom is 0.394 e. The predicted octanol–water partition coefficient (Wildman–Crippen LogP) is 6.14. The van der Waals surface area contributed by atoms with Crippen LogP contribution in [0, 0.1) is 23.2 Å². The maximum atomic E-state index is 13.6. The van der Waals surface area contributed by atoms with Gasteiger partial charge in [0.05, 0.1) is 5.41 Å². The van der Waals surface area contributed by atoms with Crippen molar-refractivity contribution in [2.24, 2.45) is 23.2 Å². The Kier molecular flexibility index (Phi) is 10.2. The number of rotatable bonds is 13. The first kappa shape index (κ1) is 26.4. The molecule has 1 saturated carbocycles. The van der Waals surface area contributed by atoms with Crippen LogP contribution in [-0.4, -0.2) is 28.8 Å². The van der Waals surface area contributed by atoms with Crippen molar-refractivity contribution in [2.45, 2.75) is 91.2 Å². The molecule has 1 aliphatic rings. The zero-order valence-corrected chi connectivity index (χ0v) is 18.3. The van der Waals surface area contributed by atoms with Crippen molar-refractivity contribution >= 4 is 17.5 Å². The summed E-state index contributed by atoms with van der Waals surface area (Å²) in [6.07, 6.45) is 1.56. The maximum absolute atomic E-state index is 13.6. The molecular formula is C23H35F3O4. The third-order valence-electron chi connectivity index (χ3n) is 6.10. The first-order valence-electron chi connectivity index (χ1n) is 10.8. The molecule has 0 saturated heterocycles. The van der Waals surface area contributed by atoms with Gasteiger partial charge in [-0.3, -0.25) is 14.4 Å². The second kappa shape index (κ2) is 11.7. The molecule has 1 unspecified atom stereocenters. The fraction of sp³-hybridized carbons (Fsp3) is 0.783. The number of carbonyl (C=O) groups excluding carboxylic acids is 2. The summed E-state index contributed by atoms with van der Waals surface area (Å²) >= 11 is 0. The normalized spacial score (nSPS) is 22.0. The predicted molar refractivity (Wildman–Crippen MR) is 109 cm³/mol. The van der Waals surface area contributed by atoms with E-state index in [-0.39, 0.29) is 42.8 Å². The van der Waals surface area contributed by atoms with Crippen LogP contribution >= 0.6 is 0 Å². The third kappa shape index (κ3) is 8.60. The lowest BCUT2D eigenvalue weighted by Gasteiger charge is -2.32. The summed E-state index contributed by atoms with van der Waals surface area (Å²) in [5.74, 6) is -1.64. The first-order valence-corrected chi connectivity index (χ1v) is 10.8. The second-order valence-corrected chi connectivity index (χ2v) is 9.28. The van der Waals surface area contributed by atoms with Crippen molar-refractivity contribution in [1.29, 1.82) is 0 Å². The van der Waals surface area contributed by atoms with E-state index in [9.17, 15) is 27.6 Å². The molecule has 0 aliphatic heterocycles. The summed E-state index contributed by atoms with van der Waals surface area (Å²) < 4.78 is 40.9. The van der Waals surface area contributed by atoms with Gasteiger partial charge >= 0.3 is 12.1 Å². The molecule has 1 fully saturated rings. The van der Waals surface area contributed by atoms with E-state index in [2.05, 4.69) is 0 Å². The van der Waals surface area contributed by atoms with E-state index in [0.29, 0.717) is 38.5 Å². The van der Waals surface area contributed by atoms with E-state index in [1.54, 1.807) is 0 Å². The SMILES string of the molecule is CC(C)CCC(C)(CC(=O)C[C@H]1CCC(=O)[C@@H]1CC=CCCCC(=O)O)C(F)(F)F. The number of aliphatic carboxylic acids is 1. The largest absolute Gasteiger partial charge is 0.481 e. The van der Waals surface area contributed by atoms with Gasteiger partial charge in [-0.1, -0.05) is 39.3 Å². The Balaban J connectivity index is 2.65. The summed E-state index contributed by atoms with van der Waals surface area (Å²) in [5, 5.41) is 8.62. The number of ketones is 2. The number of carbonyl (C=O) groups is 3. The summed E-state index contributed by atoms with van der Waals surface area (Å²) in [6.45, 7) is 4.86. The number of carboxylic acid groups (broad SMARTS) is 1. The Labute approximate surface area is 177 Å². The molecule has 0 radical (unpaired) electrons. The number of halogens is 3. The molecule has 0 aromatic rings. The molecule has 3 atom stereocenters. The number of allylic oxidation sites excluding steroid dienone is 2. The molecule has 0 spiro atoms. The third-order valence-corrected chi connectivity index (χ3v) is 6.10. The van der Waals surface area contributed by atoms with E-state index in [4.69, 9.17) is 5.11 Å². The molecule has 1 aliphatic carbocycles. The average Bonchev–Trinajstić information content (AvgIpc) is 2.94. The quantitative estimate of drug-likeness (QED) is 0.280. The lowest BCUT2D eigenvalue weighted by atomic mass is 9.76. The molecular weight excluding hydrogens is 397 g/mol. The molecule has 1 rings (SSSR count). The molecule has 7 heteroatoms.